The summed E-state index contributed by atoms with van der Waals surface area (Å²) in [7, 11) is 0. The smallest absolute Gasteiger partial charge is 0.260 e. The maximum absolute atomic E-state index is 12.9. The van der Waals surface area contributed by atoms with Gasteiger partial charge in [-0.15, -0.1) is 0 Å². The zero-order valence-electron chi connectivity index (χ0n) is 20.3. The molecule has 0 atom stereocenters. The normalized spacial score (nSPS) is 15.4. The standard InChI is InChI=1S/C28H36N2O2/c1-18-7-9-24-22(15-18)20(3)27(29-24)21-11-13-30(14-12-21)26(31)17-32-25-10-8-19(2)16-23(25)28(4,5)6/h7-10,15-16,21,29H,11-14,17H2,1-6H3. The van der Waals surface area contributed by atoms with Crippen LogP contribution in [0.2, 0.25) is 0 Å². The van der Waals surface area contributed by atoms with Crippen molar-refractivity contribution in [3.63, 3.8) is 0 Å². The Labute approximate surface area is 192 Å². The minimum atomic E-state index is -0.0290. The van der Waals surface area contributed by atoms with Crippen LogP contribution in [0, 0.1) is 20.8 Å². The van der Waals surface area contributed by atoms with E-state index in [9.17, 15) is 4.79 Å². The summed E-state index contributed by atoms with van der Waals surface area (Å²) in [4.78, 5) is 18.5. The van der Waals surface area contributed by atoms with Gasteiger partial charge < -0.3 is 14.6 Å². The number of aryl methyl sites for hydroxylation is 3. The van der Waals surface area contributed by atoms with Gasteiger partial charge in [-0.3, -0.25) is 4.79 Å². The largest absolute Gasteiger partial charge is 0.483 e. The van der Waals surface area contributed by atoms with Gasteiger partial charge in [-0.05, 0) is 68.4 Å². The lowest BCUT2D eigenvalue weighted by Gasteiger charge is -2.32. The average molecular weight is 433 g/mol. The molecule has 0 radical (unpaired) electrons. The van der Waals surface area contributed by atoms with Gasteiger partial charge in [0.15, 0.2) is 6.61 Å². The van der Waals surface area contributed by atoms with E-state index in [1.807, 2.05) is 17.0 Å². The van der Waals surface area contributed by atoms with Crippen LogP contribution < -0.4 is 4.74 Å². The van der Waals surface area contributed by atoms with Gasteiger partial charge >= 0.3 is 0 Å². The van der Waals surface area contributed by atoms with Gasteiger partial charge in [0.2, 0.25) is 0 Å². The SMILES string of the molecule is Cc1ccc(OCC(=O)N2CCC(c3[nH]c4ccc(C)cc4c3C)CC2)c(C(C)(C)C)c1. The van der Waals surface area contributed by atoms with Gasteiger partial charge in [-0.25, -0.2) is 0 Å². The number of aromatic amines is 1. The Hall–Kier alpha value is -2.75. The fourth-order valence-electron chi connectivity index (χ4n) is 4.87. The first-order chi connectivity index (χ1) is 15.1. The molecule has 3 aromatic rings. The third-order valence-corrected chi connectivity index (χ3v) is 6.80. The number of amides is 1. The van der Waals surface area contributed by atoms with E-state index in [1.165, 1.54) is 33.3 Å². The molecule has 4 heteroatoms. The summed E-state index contributed by atoms with van der Waals surface area (Å²) in [6.07, 6.45) is 1.96. The van der Waals surface area contributed by atoms with Crippen molar-refractivity contribution < 1.29 is 9.53 Å². The van der Waals surface area contributed by atoms with E-state index in [4.69, 9.17) is 4.74 Å². The minimum absolute atomic E-state index is 0.0290. The maximum atomic E-state index is 12.9. The van der Waals surface area contributed by atoms with Crippen LogP contribution in [0.3, 0.4) is 0 Å². The van der Waals surface area contributed by atoms with Crippen LogP contribution in [-0.4, -0.2) is 35.5 Å². The summed E-state index contributed by atoms with van der Waals surface area (Å²) in [5.41, 5.74) is 7.51. The molecule has 1 aliphatic rings. The number of carbonyl (C=O) groups is 1. The number of H-pyrrole nitrogens is 1. The van der Waals surface area contributed by atoms with Crippen LogP contribution in [0.1, 0.15) is 67.5 Å². The monoisotopic (exact) mass is 432 g/mol. The molecular weight excluding hydrogens is 396 g/mol. The van der Waals surface area contributed by atoms with Crippen molar-refractivity contribution in [2.45, 2.75) is 65.7 Å². The molecule has 1 fully saturated rings. The number of rotatable bonds is 4. The maximum Gasteiger partial charge on any atom is 0.260 e. The Morgan fingerprint density at radius 3 is 2.38 bits per heavy atom. The van der Waals surface area contributed by atoms with Gasteiger partial charge in [-0.1, -0.05) is 50.1 Å². The molecule has 1 amide bonds. The van der Waals surface area contributed by atoms with Gasteiger partial charge in [0.1, 0.15) is 5.75 Å². The highest BCUT2D eigenvalue weighted by atomic mass is 16.5. The van der Waals surface area contributed by atoms with Gasteiger partial charge in [-0.2, -0.15) is 0 Å². The number of likely N-dealkylation sites (tertiary alicyclic amines) is 1. The van der Waals surface area contributed by atoms with Crippen LogP contribution in [0.4, 0.5) is 0 Å². The fourth-order valence-corrected chi connectivity index (χ4v) is 4.87. The molecule has 1 N–H and O–H groups in total. The number of nitrogens with zero attached hydrogens (tertiary/aromatic N) is 1. The van der Waals surface area contributed by atoms with Gasteiger partial charge in [0, 0.05) is 35.6 Å². The molecule has 170 valence electrons. The Balaban J connectivity index is 1.38. The summed E-state index contributed by atoms with van der Waals surface area (Å²) in [5.74, 6) is 1.36. The Morgan fingerprint density at radius 2 is 1.69 bits per heavy atom. The third kappa shape index (κ3) is 4.55. The van der Waals surface area contributed by atoms with Crippen molar-refractivity contribution in [2.75, 3.05) is 19.7 Å². The van der Waals surface area contributed by atoms with E-state index in [-0.39, 0.29) is 17.9 Å². The highest BCUT2D eigenvalue weighted by Crippen LogP contribution is 2.34. The van der Waals surface area contributed by atoms with Crippen molar-refractivity contribution in [1.29, 1.82) is 0 Å². The molecule has 0 bridgehead atoms. The van der Waals surface area contributed by atoms with Crippen LogP contribution in [0.15, 0.2) is 36.4 Å². The molecule has 1 saturated heterocycles. The minimum Gasteiger partial charge on any atom is -0.483 e. The molecule has 2 heterocycles. The lowest BCUT2D eigenvalue weighted by Crippen LogP contribution is -2.40. The summed E-state index contributed by atoms with van der Waals surface area (Å²) in [5, 5.41) is 1.32. The predicted molar refractivity (Wildman–Crippen MR) is 132 cm³/mol. The van der Waals surface area contributed by atoms with Crippen LogP contribution >= 0.6 is 0 Å². The lowest BCUT2D eigenvalue weighted by atomic mass is 9.85. The second kappa shape index (κ2) is 8.65. The molecule has 0 spiro atoms. The molecule has 1 aliphatic heterocycles. The second-order valence-corrected chi connectivity index (χ2v) is 10.4. The molecule has 4 nitrogen and oxygen atoms in total. The molecule has 0 saturated carbocycles. The first-order valence-electron chi connectivity index (χ1n) is 11.7. The Bertz CT molecular complexity index is 1130. The summed E-state index contributed by atoms with van der Waals surface area (Å²) in [6, 6.07) is 12.8. The van der Waals surface area contributed by atoms with Crippen molar-refractivity contribution in [3.8, 4) is 5.75 Å². The average Bonchev–Trinajstić information content (AvgIpc) is 3.08. The lowest BCUT2D eigenvalue weighted by molar-refractivity contribution is -0.134. The van der Waals surface area contributed by atoms with Gasteiger partial charge in [0.05, 0.1) is 0 Å². The molecule has 0 aliphatic carbocycles. The highest BCUT2D eigenvalue weighted by molar-refractivity contribution is 5.85. The number of hydrogen-bond donors (Lipinski definition) is 1. The zero-order valence-corrected chi connectivity index (χ0v) is 20.3. The number of hydrogen-bond acceptors (Lipinski definition) is 2. The number of carbonyl (C=O) groups excluding carboxylic acids is 1. The van der Waals surface area contributed by atoms with E-state index in [0.29, 0.717) is 5.92 Å². The van der Waals surface area contributed by atoms with E-state index in [2.05, 4.69) is 70.8 Å². The molecule has 0 unspecified atom stereocenters. The number of fused-ring (bicyclic) bond motifs is 1. The second-order valence-electron chi connectivity index (χ2n) is 10.4. The van der Waals surface area contributed by atoms with Crippen LogP contribution in [0.5, 0.6) is 5.75 Å². The number of nitrogens with one attached hydrogen (secondary N) is 1. The van der Waals surface area contributed by atoms with E-state index < -0.39 is 0 Å². The summed E-state index contributed by atoms with van der Waals surface area (Å²) < 4.78 is 6.02. The molecular formula is C28H36N2O2. The highest BCUT2D eigenvalue weighted by Gasteiger charge is 2.27. The Morgan fingerprint density at radius 1 is 1.03 bits per heavy atom. The molecule has 2 aromatic carbocycles. The number of piperidine rings is 1. The zero-order chi connectivity index (χ0) is 23.0. The van der Waals surface area contributed by atoms with E-state index in [1.54, 1.807) is 0 Å². The third-order valence-electron chi connectivity index (χ3n) is 6.80. The van der Waals surface area contributed by atoms with Gasteiger partial charge in [0.25, 0.3) is 5.91 Å². The molecule has 4 rings (SSSR count). The number of aromatic nitrogens is 1. The van der Waals surface area contributed by atoms with Crippen LogP contribution in [0.25, 0.3) is 10.9 Å². The predicted octanol–water partition coefficient (Wildman–Crippen LogP) is 6.18. The van der Waals surface area contributed by atoms with Crippen molar-refractivity contribution >= 4 is 16.8 Å². The first-order valence-corrected chi connectivity index (χ1v) is 11.7. The Kier molecular flexibility index (Phi) is 6.07. The summed E-state index contributed by atoms with van der Waals surface area (Å²) in [6.45, 7) is 14.6. The quantitative estimate of drug-likeness (QED) is 0.535. The number of ether oxygens (including phenoxy) is 1. The van der Waals surface area contributed by atoms with E-state index >= 15 is 0 Å². The molecule has 32 heavy (non-hydrogen) atoms. The summed E-state index contributed by atoms with van der Waals surface area (Å²) >= 11 is 0. The van der Waals surface area contributed by atoms with Crippen molar-refractivity contribution in [2.24, 2.45) is 0 Å². The first kappa shape index (κ1) is 22.4. The number of benzene rings is 2. The molecule has 1 aromatic heterocycles. The van der Waals surface area contributed by atoms with Crippen molar-refractivity contribution in [3.05, 3.63) is 64.3 Å². The fraction of sp³-hybridized carbons (Fsp3) is 0.464. The van der Waals surface area contributed by atoms with E-state index in [0.717, 1.165) is 37.2 Å². The van der Waals surface area contributed by atoms with Crippen LogP contribution in [-0.2, 0) is 10.2 Å². The van der Waals surface area contributed by atoms with Crippen molar-refractivity contribution in [1.82, 2.24) is 9.88 Å². The topological polar surface area (TPSA) is 45.3 Å².